The summed E-state index contributed by atoms with van der Waals surface area (Å²) >= 11 is 0. The van der Waals surface area contributed by atoms with Gasteiger partial charge in [0.15, 0.2) is 17.6 Å². The van der Waals surface area contributed by atoms with Crippen LogP contribution in [-0.4, -0.2) is 88.9 Å². The molecule has 0 amide bonds. The summed E-state index contributed by atoms with van der Waals surface area (Å²) < 4.78 is 34.4. The Morgan fingerprint density at radius 3 is 2.49 bits per heavy atom. The molecule has 3 aliphatic rings. The van der Waals surface area contributed by atoms with Crippen LogP contribution in [0.25, 0.3) is 0 Å². The third-order valence-electron chi connectivity index (χ3n) is 7.38. The van der Waals surface area contributed by atoms with Gasteiger partial charge in [-0.1, -0.05) is 19.9 Å². The zero-order valence-corrected chi connectivity index (χ0v) is 22.8. The van der Waals surface area contributed by atoms with Gasteiger partial charge in [-0.2, -0.15) is 0 Å². The van der Waals surface area contributed by atoms with E-state index in [9.17, 15) is 30.3 Å². The molecule has 0 aromatic heterocycles. The molecule has 0 saturated carbocycles. The first-order valence-electron chi connectivity index (χ1n) is 13.4. The van der Waals surface area contributed by atoms with Gasteiger partial charge < -0.3 is 54.0 Å². The van der Waals surface area contributed by atoms with E-state index in [0.29, 0.717) is 34.3 Å². The predicted octanol–water partition coefficient (Wildman–Crippen LogP) is 0.866. The van der Waals surface area contributed by atoms with Crippen molar-refractivity contribution < 1.29 is 58.7 Å². The van der Waals surface area contributed by atoms with Gasteiger partial charge in [-0.15, -0.1) is 0 Å². The number of benzene rings is 2. The largest absolute Gasteiger partial charge is 0.490 e. The number of aliphatic carboxylic acids is 1. The third-order valence-corrected chi connectivity index (χ3v) is 7.38. The average molecular weight is 578 g/mol. The van der Waals surface area contributed by atoms with E-state index in [1.165, 1.54) is 19.2 Å². The van der Waals surface area contributed by atoms with Crippen LogP contribution in [0, 0.1) is 5.92 Å². The highest BCUT2D eigenvalue weighted by Gasteiger charge is 2.49. The molecule has 1 saturated heterocycles. The monoisotopic (exact) mass is 577 g/mol. The molecule has 3 aliphatic heterocycles. The van der Waals surface area contributed by atoms with Crippen LogP contribution in [0.3, 0.4) is 0 Å². The minimum atomic E-state index is -1.84. The van der Waals surface area contributed by atoms with Crippen molar-refractivity contribution in [3.63, 3.8) is 0 Å². The van der Waals surface area contributed by atoms with E-state index in [4.69, 9.17) is 28.4 Å². The zero-order chi connectivity index (χ0) is 29.4. The van der Waals surface area contributed by atoms with E-state index in [0.717, 1.165) is 13.0 Å². The van der Waals surface area contributed by atoms with Crippen LogP contribution in [-0.2, 0) is 9.53 Å². The van der Waals surface area contributed by atoms with Gasteiger partial charge in [-0.05, 0) is 37.1 Å². The van der Waals surface area contributed by atoms with Gasteiger partial charge in [0.25, 0.3) is 0 Å². The third kappa shape index (κ3) is 5.61. The number of hydrogen-bond acceptors (Lipinski definition) is 12. The predicted molar refractivity (Wildman–Crippen MR) is 140 cm³/mol. The molecule has 0 bridgehead atoms. The van der Waals surface area contributed by atoms with Crippen LogP contribution in [0.2, 0.25) is 0 Å². The van der Waals surface area contributed by atoms with Crippen molar-refractivity contribution in [2.45, 2.75) is 69.3 Å². The first-order valence-corrected chi connectivity index (χ1v) is 13.4. The summed E-state index contributed by atoms with van der Waals surface area (Å²) in [5, 5.41) is 53.7. The molecule has 13 heteroatoms. The first-order chi connectivity index (χ1) is 19.6. The van der Waals surface area contributed by atoms with Crippen LogP contribution in [0.4, 0.5) is 0 Å². The molecule has 8 atom stereocenters. The molecule has 2 aromatic rings. The molecule has 2 aromatic carbocycles. The molecule has 41 heavy (non-hydrogen) atoms. The summed E-state index contributed by atoms with van der Waals surface area (Å²) in [5.74, 6) is 0.134. The summed E-state index contributed by atoms with van der Waals surface area (Å²) in [5.41, 5.74) is 1.30. The van der Waals surface area contributed by atoms with E-state index in [-0.39, 0.29) is 18.2 Å². The molecular formula is C28H35NO12. The second-order valence-electron chi connectivity index (χ2n) is 10.6. The standard InChI is InChI=1S/C28H35NO12/c1-12(2)8-9-29-11-37-16-7-6-15-18-22(40-23(15)24(16)36-3)14-5-4-13(10-17(14)39-27(18)35)38-28-21(32)19(30)20(31)25(41-28)26(33)34/h4-7,10,12,18-22,25,27-32,35H,8-9,11H2,1-3H3,(H,33,34). The Hall–Kier alpha value is -3.33. The lowest BCUT2D eigenvalue weighted by Gasteiger charge is -2.38. The lowest BCUT2D eigenvalue weighted by molar-refractivity contribution is -0.271. The number of fused-ring (bicyclic) bond motifs is 5. The first kappa shape index (κ1) is 29.2. The molecule has 8 unspecified atom stereocenters. The lowest BCUT2D eigenvalue weighted by atomic mass is 9.88. The van der Waals surface area contributed by atoms with Crippen LogP contribution in [0.1, 0.15) is 43.4 Å². The van der Waals surface area contributed by atoms with Crippen LogP contribution >= 0.6 is 0 Å². The van der Waals surface area contributed by atoms with E-state index >= 15 is 0 Å². The number of nitrogens with one attached hydrogen (secondary N) is 1. The number of methoxy groups -OCH3 is 1. The van der Waals surface area contributed by atoms with Crippen molar-refractivity contribution in [1.29, 1.82) is 0 Å². The molecule has 224 valence electrons. The molecule has 6 N–H and O–H groups in total. The molecule has 5 rings (SSSR count). The lowest BCUT2D eigenvalue weighted by Crippen LogP contribution is -2.61. The Bertz CT molecular complexity index is 1250. The Labute approximate surface area is 236 Å². The quantitative estimate of drug-likeness (QED) is 0.173. The summed E-state index contributed by atoms with van der Waals surface area (Å²) in [7, 11) is 1.51. The number of hydrogen-bond donors (Lipinski definition) is 6. The fraction of sp³-hybridized carbons (Fsp3) is 0.536. The number of carboxylic acid groups (broad SMARTS) is 1. The normalized spacial score (nSPS) is 30.0. The topological polar surface area (TPSA) is 186 Å². The number of carbonyl (C=O) groups is 1. The van der Waals surface area contributed by atoms with Crippen molar-refractivity contribution in [2.75, 3.05) is 20.4 Å². The maximum Gasteiger partial charge on any atom is 0.335 e. The van der Waals surface area contributed by atoms with Crippen molar-refractivity contribution in [3.8, 4) is 28.7 Å². The number of aliphatic hydroxyl groups is 4. The van der Waals surface area contributed by atoms with Gasteiger partial charge in [0.05, 0.1) is 13.0 Å². The second-order valence-corrected chi connectivity index (χ2v) is 10.6. The van der Waals surface area contributed by atoms with Crippen LogP contribution < -0.4 is 29.0 Å². The number of ether oxygens (including phenoxy) is 6. The molecule has 0 radical (unpaired) electrons. The molecule has 0 aliphatic carbocycles. The van der Waals surface area contributed by atoms with E-state index in [1.807, 2.05) is 0 Å². The summed E-state index contributed by atoms with van der Waals surface area (Å²) in [4.78, 5) is 11.4. The minimum absolute atomic E-state index is 0.0972. The molecule has 1 fully saturated rings. The molecule has 13 nitrogen and oxygen atoms in total. The molecule has 3 heterocycles. The Kier molecular flexibility index (Phi) is 8.45. The van der Waals surface area contributed by atoms with Crippen molar-refractivity contribution in [3.05, 3.63) is 41.5 Å². The Morgan fingerprint density at radius 1 is 1.02 bits per heavy atom. The van der Waals surface area contributed by atoms with Crippen LogP contribution in [0.5, 0.6) is 28.7 Å². The maximum atomic E-state index is 11.4. The number of rotatable bonds is 10. The van der Waals surface area contributed by atoms with E-state index in [1.54, 1.807) is 18.2 Å². The Balaban J connectivity index is 1.33. The van der Waals surface area contributed by atoms with Gasteiger partial charge in [0, 0.05) is 17.2 Å². The molecule has 0 spiro atoms. The summed E-state index contributed by atoms with van der Waals surface area (Å²) in [6.07, 6.45) is -9.68. The smallest absolute Gasteiger partial charge is 0.335 e. The van der Waals surface area contributed by atoms with E-state index in [2.05, 4.69) is 19.2 Å². The SMILES string of the molecule is COc1c(OCNCCC(C)C)ccc2c1OC1c3ccc(OC4OC(C(=O)O)C(O)C(O)C4O)cc3OC(O)C21. The summed E-state index contributed by atoms with van der Waals surface area (Å²) in [6, 6.07) is 8.18. The highest BCUT2D eigenvalue weighted by Crippen LogP contribution is 2.57. The highest BCUT2D eigenvalue weighted by atomic mass is 16.7. The number of aliphatic hydroxyl groups excluding tert-OH is 4. The van der Waals surface area contributed by atoms with Crippen molar-refractivity contribution >= 4 is 5.97 Å². The fourth-order valence-electron chi connectivity index (χ4n) is 5.18. The van der Waals surface area contributed by atoms with Crippen molar-refractivity contribution in [1.82, 2.24) is 5.32 Å². The number of carboxylic acids is 1. The fourth-order valence-corrected chi connectivity index (χ4v) is 5.18. The van der Waals surface area contributed by atoms with Gasteiger partial charge in [-0.3, -0.25) is 5.32 Å². The van der Waals surface area contributed by atoms with Gasteiger partial charge in [0.2, 0.25) is 18.3 Å². The summed E-state index contributed by atoms with van der Waals surface area (Å²) in [6.45, 7) is 5.40. The molecular weight excluding hydrogens is 542 g/mol. The van der Waals surface area contributed by atoms with Gasteiger partial charge in [-0.25, -0.2) is 4.79 Å². The van der Waals surface area contributed by atoms with Gasteiger partial charge >= 0.3 is 5.97 Å². The van der Waals surface area contributed by atoms with Crippen LogP contribution in [0.15, 0.2) is 30.3 Å². The second kappa shape index (κ2) is 11.9. The van der Waals surface area contributed by atoms with E-state index < -0.39 is 55.0 Å². The maximum absolute atomic E-state index is 11.4. The highest BCUT2D eigenvalue weighted by molar-refractivity contribution is 5.73. The minimum Gasteiger partial charge on any atom is -0.490 e. The van der Waals surface area contributed by atoms with Gasteiger partial charge in [0.1, 0.15) is 42.6 Å². The average Bonchev–Trinajstić information content (AvgIpc) is 3.33. The zero-order valence-electron chi connectivity index (χ0n) is 22.8. The van der Waals surface area contributed by atoms with Crippen molar-refractivity contribution in [2.24, 2.45) is 5.92 Å². The Morgan fingerprint density at radius 2 is 1.78 bits per heavy atom.